The third kappa shape index (κ3) is 4.35. The van der Waals surface area contributed by atoms with Crippen LogP contribution in [0.4, 0.5) is 11.4 Å². The van der Waals surface area contributed by atoms with Crippen molar-refractivity contribution in [3.8, 4) is 0 Å². The van der Waals surface area contributed by atoms with Crippen molar-refractivity contribution < 1.29 is 9.85 Å². The monoisotopic (exact) mass is 336 g/mol. The van der Waals surface area contributed by atoms with Gasteiger partial charge >= 0.3 is 11.2 Å². The number of aromatic nitrogens is 2. The quantitative estimate of drug-likeness (QED) is 0.630. The van der Waals surface area contributed by atoms with Crippen molar-refractivity contribution >= 4 is 11.4 Å². The second kappa shape index (κ2) is 7.31. The molecule has 2 heterocycles. The highest BCUT2D eigenvalue weighted by atomic mass is 16.6. The van der Waals surface area contributed by atoms with E-state index in [4.69, 9.17) is 0 Å². The van der Waals surface area contributed by atoms with Crippen molar-refractivity contribution in [2.75, 3.05) is 0 Å². The van der Waals surface area contributed by atoms with Gasteiger partial charge in [-0.2, -0.15) is 0 Å². The molecule has 0 aliphatic heterocycles. The molecule has 0 unspecified atom stereocenters. The van der Waals surface area contributed by atoms with E-state index in [1.54, 1.807) is 26.8 Å². The Morgan fingerprint density at radius 1 is 0.833 bits per heavy atom. The van der Waals surface area contributed by atoms with Crippen LogP contribution in [-0.4, -0.2) is 19.8 Å². The molecule has 0 bridgehead atoms. The number of aromatic amines is 2. The maximum absolute atomic E-state index is 11.0. The van der Waals surface area contributed by atoms with Gasteiger partial charge < -0.3 is 9.97 Å². The van der Waals surface area contributed by atoms with Gasteiger partial charge in [-0.1, -0.05) is 0 Å². The molecular formula is C14H16N4O6. The second-order valence-electron chi connectivity index (χ2n) is 5.12. The van der Waals surface area contributed by atoms with Crippen LogP contribution in [0.15, 0.2) is 21.7 Å². The first kappa shape index (κ1) is 18.7. The van der Waals surface area contributed by atoms with Crippen molar-refractivity contribution in [3.63, 3.8) is 0 Å². The van der Waals surface area contributed by atoms with E-state index in [0.717, 1.165) is 0 Å². The molecule has 2 N–H and O–H groups in total. The zero-order valence-electron chi connectivity index (χ0n) is 13.5. The lowest BCUT2D eigenvalue weighted by Crippen LogP contribution is -2.13. The topological polar surface area (TPSA) is 152 Å². The molecular weight excluding hydrogens is 320 g/mol. The van der Waals surface area contributed by atoms with Crippen LogP contribution in [0.1, 0.15) is 22.5 Å². The van der Waals surface area contributed by atoms with Gasteiger partial charge in [0.2, 0.25) is 5.56 Å². The summed E-state index contributed by atoms with van der Waals surface area (Å²) in [4.78, 5) is 46.1. The summed E-state index contributed by atoms with van der Waals surface area (Å²) in [6, 6.07) is 2.78. The van der Waals surface area contributed by atoms with Crippen molar-refractivity contribution in [1.82, 2.24) is 9.97 Å². The highest BCUT2D eigenvalue weighted by Crippen LogP contribution is 2.17. The average Bonchev–Trinajstić information content (AvgIpc) is 2.35. The van der Waals surface area contributed by atoms with E-state index < -0.39 is 15.4 Å². The SMILES string of the molecule is Cc1cc(=O)[nH]c(C)c1[N+](=O)[O-].Cc1cc(C)c([N+](=O)[O-])c(=O)[nH]1. The molecule has 0 radical (unpaired) electrons. The van der Waals surface area contributed by atoms with E-state index >= 15 is 0 Å². The summed E-state index contributed by atoms with van der Waals surface area (Å²) in [5.74, 6) is 0. The Balaban J connectivity index is 0.000000240. The predicted molar refractivity (Wildman–Crippen MR) is 86.4 cm³/mol. The van der Waals surface area contributed by atoms with Crippen LogP contribution in [0, 0.1) is 47.9 Å². The van der Waals surface area contributed by atoms with Crippen LogP contribution in [0.25, 0.3) is 0 Å². The Hall–Kier alpha value is -3.30. The fraction of sp³-hybridized carbons (Fsp3) is 0.286. The number of nitrogens with zero attached hydrogens (tertiary/aromatic N) is 2. The molecule has 0 fully saturated rings. The standard InChI is InChI=1S/2C7H8N2O3/c1-4-3-6(10)8-5(2)7(4)9(11)12;1-4-3-5(2)8-7(10)6(4)9(11)12/h2*3H,1-2H3,(H,8,10). The average molecular weight is 336 g/mol. The zero-order chi connectivity index (χ0) is 18.6. The molecule has 0 saturated heterocycles. The van der Waals surface area contributed by atoms with Gasteiger partial charge in [0.1, 0.15) is 0 Å². The van der Waals surface area contributed by atoms with Crippen LogP contribution >= 0.6 is 0 Å². The Morgan fingerprint density at radius 2 is 1.33 bits per heavy atom. The molecule has 0 amide bonds. The van der Waals surface area contributed by atoms with E-state index in [9.17, 15) is 29.8 Å². The summed E-state index contributed by atoms with van der Waals surface area (Å²) in [6.45, 7) is 6.27. The van der Waals surface area contributed by atoms with Crippen molar-refractivity contribution in [2.24, 2.45) is 0 Å². The number of nitro groups is 2. The highest BCUT2D eigenvalue weighted by molar-refractivity contribution is 5.41. The van der Waals surface area contributed by atoms with Gasteiger partial charge in [0, 0.05) is 22.9 Å². The van der Waals surface area contributed by atoms with Gasteiger partial charge in [0.25, 0.3) is 5.69 Å². The van der Waals surface area contributed by atoms with E-state index in [1.165, 1.54) is 13.0 Å². The Labute approximate surface area is 135 Å². The normalized spacial score (nSPS) is 9.83. The summed E-state index contributed by atoms with van der Waals surface area (Å²) in [6.07, 6.45) is 0. The van der Waals surface area contributed by atoms with Crippen LogP contribution in [0.3, 0.4) is 0 Å². The number of nitrogens with one attached hydrogen (secondary N) is 2. The van der Waals surface area contributed by atoms with Crippen molar-refractivity contribution in [1.29, 1.82) is 0 Å². The first-order valence-electron chi connectivity index (χ1n) is 6.74. The minimum Gasteiger partial charge on any atom is -0.321 e. The lowest BCUT2D eigenvalue weighted by Gasteiger charge is -1.98. The molecule has 0 atom stereocenters. The summed E-state index contributed by atoms with van der Waals surface area (Å²) in [5, 5.41) is 20.8. The molecule has 10 heteroatoms. The summed E-state index contributed by atoms with van der Waals surface area (Å²) < 4.78 is 0. The molecule has 0 aliphatic rings. The largest absolute Gasteiger partial charge is 0.336 e. The minimum atomic E-state index is -0.673. The van der Waals surface area contributed by atoms with E-state index in [0.29, 0.717) is 22.5 Å². The number of pyridine rings is 2. The van der Waals surface area contributed by atoms with E-state index in [2.05, 4.69) is 9.97 Å². The molecule has 10 nitrogen and oxygen atoms in total. The predicted octanol–water partition coefficient (Wildman–Crippen LogP) is 1.80. The lowest BCUT2D eigenvalue weighted by molar-refractivity contribution is -0.386. The van der Waals surface area contributed by atoms with Gasteiger partial charge in [0.15, 0.2) is 0 Å². The zero-order valence-corrected chi connectivity index (χ0v) is 13.5. The fourth-order valence-corrected chi connectivity index (χ4v) is 2.20. The van der Waals surface area contributed by atoms with E-state index in [-0.39, 0.29) is 16.9 Å². The first-order valence-corrected chi connectivity index (χ1v) is 6.74. The third-order valence-corrected chi connectivity index (χ3v) is 3.08. The van der Waals surface area contributed by atoms with Gasteiger partial charge in [-0.15, -0.1) is 0 Å². The number of H-pyrrole nitrogens is 2. The maximum Gasteiger partial charge on any atom is 0.336 e. The van der Waals surface area contributed by atoms with Crippen molar-refractivity contribution in [3.05, 3.63) is 75.6 Å². The fourth-order valence-electron chi connectivity index (χ4n) is 2.20. The number of hydrogen-bond acceptors (Lipinski definition) is 6. The van der Waals surface area contributed by atoms with Crippen LogP contribution in [0.5, 0.6) is 0 Å². The molecule has 128 valence electrons. The van der Waals surface area contributed by atoms with Crippen LogP contribution in [-0.2, 0) is 0 Å². The smallest absolute Gasteiger partial charge is 0.321 e. The Kier molecular flexibility index (Phi) is 5.71. The molecule has 0 aromatic carbocycles. The van der Waals surface area contributed by atoms with E-state index in [1.807, 2.05) is 0 Å². The molecule has 0 aliphatic carbocycles. The number of rotatable bonds is 2. The summed E-state index contributed by atoms with van der Waals surface area (Å²) in [5.41, 5.74) is 0.360. The third-order valence-electron chi connectivity index (χ3n) is 3.08. The Morgan fingerprint density at radius 3 is 1.75 bits per heavy atom. The maximum atomic E-state index is 11.0. The minimum absolute atomic E-state index is 0.0189. The van der Waals surface area contributed by atoms with Crippen LogP contribution < -0.4 is 11.1 Å². The van der Waals surface area contributed by atoms with Crippen molar-refractivity contribution in [2.45, 2.75) is 27.7 Å². The first-order chi connectivity index (χ1) is 11.0. The molecule has 2 aromatic rings. The highest BCUT2D eigenvalue weighted by Gasteiger charge is 2.16. The van der Waals surface area contributed by atoms with Gasteiger partial charge in [-0.25, -0.2) is 0 Å². The summed E-state index contributed by atoms with van der Waals surface area (Å²) >= 11 is 0. The van der Waals surface area contributed by atoms with Gasteiger partial charge in [-0.3, -0.25) is 29.8 Å². The summed E-state index contributed by atoms with van der Waals surface area (Å²) in [7, 11) is 0. The van der Waals surface area contributed by atoms with Gasteiger partial charge in [-0.05, 0) is 33.8 Å². The van der Waals surface area contributed by atoms with Gasteiger partial charge in [0.05, 0.1) is 15.5 Å². The molecule has 0 spiro atoms. The number of aryl methyl sites for hydroxylation is 4. The second-order valence-corrected chi connectivity index (χ2v) is 5.12. The molecule has 2 rings (SSSR count). The Bertz CT molecular complexity index is 886. The lowest BCUT2D eigenvalue weighted by atomic mass is 10.2. The van der Waals surface area contributed by atoms with Crippen LogP contribution in [0.2, 0.25) is 0 Å². The molecule has 24 heavy (non-hydrogen) atoms. The number of hydrogen-bond donors (Lipinski definition) is 2. The molecule has 2 aromatic heterocycles. The molecule has 0 saturated carbocycles.